The number of fused-ring (bicyclic) bond motifs is 5. The molecule has 0 aliphatic heterocycles. The van der Waals surface area contributed by atoms with Crippen LogP contribution in [0.15, 0.2) is 11.6 Å². The van der Waals surface area contributed by atoms with Gasteiger partial charge in [-0.2, -0.15) is 0 Å². The Morgan fingerprint density at radius 1 is 1.14 bits per heavy atom. The molecule has 122 valence electrons. The summed E-state index contributed by atoms with van der Waals surface area (Å²) in [7, 11) is 0. The number of ketones is 1. The van der Waals surface area contributed by atoms with Gasteiger partial charge in [0, 0.05) is 6.42 Å². The minimum Gasteiger partial charge on any atom is -0.393 e. The first-order chi connectivity index (χ1) is 10.4. The van der Waals surface area contributed by atoms with Crippen LogP contribution in [0, 0.1) is 34.5 Å². The van der Waals surface area contributed by atoms with Crippen LogP contribution in [-0.4, -0.2) is 17.0 Å². The van der Waals surface area contributed by atoms with Crippen molar-refractivity contribution in [2.45, 2.75) is 71.8 Å². The topological polar surface area (TPSA) is 37.3 Å². The van der Waals surface area contributed by atoms with Crippen LogP contribution in [0.1, 0.15) is 65.7 Å². The largest absolute Gasteiger partial charge is 0.393 e. The summed E-state index contributed by atoms with van der Waals surface area (Å²) in [6.07, 6.45) is 9.54. The van der Waals surface area contributed by atoms with E-state index in [9.17, 15) is 9.90 Å². The number of allylic oxidation sites excluding steroid dienone is 1. The molecule has 4 rings (SSSR count). The predicted octanol–water partition coefficient (Wildman–Crippen LogP) is 4.13. The van der Waals surface area contributed by atoms with Crippen LogP contribution in [0.2, 0.25) is 0 Å². The van der Waals surface area contributed by atoms with E-state index in [2.05, 4.69) is 20.8 Å². The second-order valence-corrected chi connectivity index (χ2v) is 9.13. The van der Waals surface area contributed by atoms with Crippen molar-refractivity contribution in [2.75, 3.05) is 0 Å². The van der Waals surface area contributed by atoms with E-state index in [0.717, 1.165) is 31.1 Å². The van der Waals surface area contributed by atoms with E-state index in [1.807, 2.05) is 6.08 Å². The molecule has 2 heteroatoms. The Morgan fingerprint density at radius 2 is 1.91 bits per heavy atom. The molecule has 7 atom stereocenters. The molecule has 0 aromatic heterocycles. The number of hydrogen-bond donors (Lipinski definition) is 1. The van der Waals surface area contributed by atoms with Gasteiger partial charge in [0.1, 0.15) is 0 Å². The molecular formula is C20H30O2. The molecule has 0 spiro atoms. The SMILES string of the molecule is CC1CC2C(CCC3(C)C(O)CCC23)C2(C)CCC(=O)C=C12. The molecule has 3 saturated carbocycles. The highest BCUT2D eigenvalue weighted by molar-refractivity contribution is 5.91. The minimum absolute atomic E-state index is 0.0913. The number of aliphatic hydroxyl groups excluding tert-OH is 1. The maximum absolute atomic E-state index is 11.9. The van der Waals surface area contributed by atoms with E-state index >= 15 is 0 Å². The van der Waals surface area contributed by atoms with E-state index in [-0.39, 0.29) is 16.9 Å². The average Bonchev–Trinajstić information content (AvgIpc) is 2.77. The Balaban J connectivity index is 1.73. The van der Waals surface area contributed by atoms with Crippen molar-refractivity contribution in [1.82, 2.24) is 0 Å². The summed E-state index contributed by atoms with van der Waals surface area (Å²) in [5.41, 5.74) is 1.85. The lowest BCUT2D eigenvalue weighted by atomic mass is 9.45. The standard InChI is InChI=1S/C20H30O2/c1-12-10-14-15-4-5-18(22)20(15,3)9-7-16(14)19(2)8-6-13(21)11-17(12)19/h11-12,14-16,18,22H,4-10H2,1-3H3. The third-order valence-corrected chi connectivity index (χ3v) is 8.23. The zero-order valence-electron chi connectivity index (χ0n) is 14.3. The fraction of sp³-hybridized carbons (Fsp3) is 0.850. The van der Waals surface area contributed by atoms with Crippen molar-refractivity contribution in [3.8, 4) is 0 Å². The molecule has 0 amide bonds. The molecule has 4 aliphatic rings. The zero-order chi connectivity index (χ0) is 15.7. The summed E-state index contributed by atoms with van der Waals surface area (Å²) in [5.74, 6) is 3.05. The quantitative estimate of drug-likeness (QED) is 0.730. The first kappa shape index (κ1) is 14.9. The van der Waals surface area contributed by atoms with Gasteiger partial charge in [0.2, 0.25) is 0 Å². The van der Waals surface area contributed by atoms with E-state index in [4.69, 9.17) is 0 Å². The smallest absolute Gasteiger partial charge is 0.155 e. The van der Waals surface area contributed by atoms with Crippen molar-refractivity contribution in [1.29, 1.82) is 0 Å². The fourth-order valence-corrected chi connectivity index (χ4v) is 6.96. The second-order valence-electron chi connectivity index (χ2n) is 9.13. The highest BCUT2D eigenvalue weighted by Crippen LogP contribution is 2.66. The molecule has 0 radical (unpaired) electrons. The Morgan fingerprint density at radius 3 is 2.68 bits per heavy atom. The molecular weight excluding hydrogens is 272 g/mol. The Labute approximate surface area is 134 Å². The molecule has 3 fully saturated rings. The van der Waals surface area contributed by atoms with Gasteiger partial charge in [-0.05, 0) is 79.1 Å². The van der Waals surface area contributed by atoms with Gasteiger partial charge in [0.15, 0.2) is 5.78 Å². The normalized spacial score (nSPS) is 54.3. The van der Waals surface area contributed by atoms with Crippen LogP contribution in [0.25, 0.3) is 0 Å². The Bertz CT molecular complexity index is 536. The molecule has 2 nitrogen and oxygen atoms in total. The van der Waals surface area contributed by atoms with E-state index < -0.39 is 0 Å². The molecule has 22 heavy (non-hydrogen) atoms. The zero-order valence-corrected chi connectivity index (χ0v) is 14.3. The molecule has 7 unspecified atom stereocenters. The maximum Gasteiger partial charge on any atom is 0.155 e. The number of carbonyl (C=O) groups excluding carboxylic acids is 1. The lowest BCUT2D eigenvalue weighted by molar-refractivity contribution is -0.118. The molecule has 0 aromatic carbocycles. The molecule has 1 N–H and O–H groups in total. The summed E-state index contributed by atoms with van der Waals surface area (Å²) in [5, 5.41) is 10.5. The van der Waals surface area contributed by atoms with Crippen LogP contribution < -0.4 is 0 Å². The molecule has 4 aliphatic carbocycles. The van der Waals surface area contributed by atoms with Crippen LogP contribution in [0.5, 0.6) is 0 Å². The van der Waals surface area contributed by atoms with Crippen LogP contribution in [0.4, 0.5) is 0 Å². The summed E-state index contributed by atoms with van der Waals surface area (Å²) < 4.78 is 0. The van der Waals surface area contributed by atoms with E-state index in [1.54, 1.807) is 0 Å². The van der Waals surface area contributed by atoms with Gasteiger partial charge >= 0.3 is 0 Å². The van der Waals surface area contributed by atoms with Crippen LogP contribution in [-0.2, 0) is 4.79 Å². The van der Waals surface area contributed by atoms with Crippen LogP contribution in [0.3, 0.4) is 0 Å². The number of rotatable bonds is 0. The third-order valence-electron chi connectivity index (χ3n) is 8.23. The Kier molecular flexibility index (Phi) is 3.18. The van der Waals surface area contributed by atoms with Crippen molar-refractivity contribution in [3.05, 3.63) is 11.6 Å². The molecule has 0 saturated heterocycles. The van der Waals surface area contributed by atoms with Gasteiger partial charge in [-0.25, -0.2) is 0 Å². The molecule has 0 aromatic rings. The highest BCUT2D eigenvalue weighted by Gasteiger charge is 2.59. The van der Waals surface area contributed by atoms with Gasteiger partial charge < -0.3 is 5.11 Å². The van der Waals surface area contributed by atoms with Gasteiger partial charge in [-0.1, -0.05) is 26.3 Å². The summed E-state index contributed by atoms with van der Waals surface area (Å²) >= 11 is 0. The molecule has 0 bridgehead atoms. The summed E-state index contributed by atoms with van der Waals surface area (Å²) in [6, 6.07) is 0. The third kappa shape index (κ3) is 1.79. The average molecular weight is 302 g/mol. The first-order valence-electron chi connectivity index (χ1n) is 9.29. The number of carbonyl (C=O) groups is 1. The number of hydrogen-bond acceptors (Lipinski definition) is 2. The summed E-state index contributed by atoms with van der Waals surface area (Å²) in [6.45, 7) is 7.11. The lowest BCUT2D eigenvalue weighted by Gasteiger charge is -2.59. The Hall–Kier alpha value is -0.630. The minimum atomic E-state index is -0.0913. The van der Waals surface area contributed by atoms with Gasteiger partial charge in [0.25, 0.3) is 0 Å². The first-order valence-corrected chi connectivity index (χ1v) is 9.29. The fourth-order valence-electron chi connectivity index (χ4n) is 6.96. The lowest BCUT2D eigenvalue weighted by Crippen LogP contribution is -2.52. The van der Waals surface area contributed by atoms with Crippen molar-refractivity contribution in [3.63, 3.8) is 0 Å². The highest BCUT2D eigenvalue weighted by atomic mass is 16.3. The predicted molar refractivity (Wildman–Crippen MR) is 87.3 cm³/mol. The van der Waals surface area contributed by atoms with Gasteiger partial charge in [-0.3, -0.25) is 4.79 Å². The summed E-state index contributed by atoms with van der Waals surface area (Å²) in [4.78, 5) is 11.9. The van der Waals surface area contributed by atoms with Crippen LogP contribution >= 0.6 is 0 Å². The van der Waals surface area contributed by atoms with Gasteiger partial charge in [-0.15, -0.1) is 0 Å². The monoisotopic (exact) mass is 302 g/mol. The van der Waals surface area contributed by atoms with Crippen molar-refractivity contribution >= 4 is 5.78 Å². The maximum atomic E-state index is 11.9. The van der Waals surface area contributed by atoms with E-state index in [1.165, 1.54) is 31.3 Å². The van der Waals surface area contributed by atoms with Gasteiger partial charge in [0.05, 0.1) is 6.10 Å². The number of aliphatic hydroxyl groups is 1. The van der Waals surface area contributed by atoms with E-state index in [0.29, 0.717) is 17.6 Å². The molecule has 0 heterocycles. The second kappa shape index (κ2) is 4.69. The van der Waals surface area contributed by atoms with Crippen molar-refractivity contribution in [2.24, 2.45) is 34.5 Å². The van der Waals surface area contributed by atoms with Crippen molar-refractivity contribution < 1.29 is 9.90 Å².